The fourth-order valence-corrected chi connectivity index (χ4v) is 3.02. The van der Waals surface area contributed by atoms with Gasteiger partial charge in [0, 0.05) is 6.04 Å². The van der Waals surface area contributed by atoms with Crippen LogP contribution in [-0.4, -0.2) is 47.6 Å². The molecule has 1 fully saturated rings. The van der Waals surface area contributed by atoms with E-state index in [2.05, 4.69) is 17.8 Å². The van der Waals surface area contributed by atoms with Crippen LogP contribution in [0.1, 0.15) is 23.0 Å². The quantitative estimate of drug-likeness (QED) is 0.694. The average molecular weight is 297 g/mol. The summed E-state index contributed by atoms with van der Waals surface area (Å²) >= 11 is 1.31. The van der Waals surface area contributed by atoms with Crippen molar-refractivity contribution < 1.29 is 14.7 Å². The molecule has 3 N–H and O–H groups in total. The van der Waals surface area contributed by atoms with Crippen molar-refractivity contribution in [3.63, 3.8) is 0 Å². The molecule has 110 valence electrons. The molecule has 1 saturated heterocycles. The van der Waals surface area contributed by atoms with E-state index >= 15 is 0 Å². The Morgan fingerprint density at radius 3 is 2.95 bits per heavy atom. The number of carbonyl (C=O) groups excluding carboxylic acids is 2. The molecule has 1 aliphatic rings. The summed E-state index contributed by atoms with van der Waals surface area (Å²) in [5.41, 5.74) is 4.79. The van der Waals surface area contributed by atoms with Crippen LogP contribution in [0, 0.1) is 5.92 Å². The van der Waals surface area contributed by atoms with E-state index in [9.17, 15) is 14.7 Å². The van der Waals surface area contributed by atoms with Gasteiger partial charge in [-0.25, -0.2) is 0 Å². The number of thiophene rings is 1. The molecule has 20 heavy (non-hydrogen) atoms. The number of nitrogens with zero attached hydrogens (tertiary/aromatic N) is 1. The maximum absolute atomic E-state index is 11.8. The predicted molar refractivity (Wildman–Crippen MR) is 76.2 cm³/mol. The molecule has 0 radical (unpaired) electrons. The average Bonchev–Trinajstić information content (AvgIpc) is 3.06. The van der Waals surface area contributed by atoms with Crippen LogP contribution >= 0.6 is 11.3 Å². The summed E-state index contributed by atoms with van der Waals surface area (Å²) in [6, 6.07) is 3.49. The Balaban J connectivity index is 1.77. The van der Waals surface area contributed by atoms with Crippen molar-refractivity contribution in [2.45, 2.75) is 19.4 Å². The standard InChI is InChI=1S/C13H19N3O3S/c1-9-4-5-16(10(9)8-17)7-12(18)14-15-13(19)11-3-2-6-20-11/h2-3,6,9-10,17H,4-5,7-8H2,1H3,(H,14,18)(H,15,19). The number of amides is 2. The second kappa shape index (κ2) is 6.83. The Bertz CT molecular complexity index is 463. The lowest BCUT2D eigenvalue weighted by Gasteiger charge is -2.24. The molecule has 2 unspecified atom stereocenters. The summed E-state index contributed by atoms with van der Waals surface area (Å²) in [4.78, 5) is 25.9. The zero-order valence-electron chi connectivity index (χ0n) is 11.3. The highest BCUT2D eigenvalue weighted by atomic mass is 32.1. The first-order valence-electron chi connectivity index (χ1n) is 6.59. The van der Waals surface area contributed by atoms with Gasteiger partial charge in [0.15, 0.2) is 0 Å². The molecule has 0 bridgehead atoms. The first-order chi connectivity index (χ1) is 9.61. The van der Waals surface area contributed by atoms with Crippen LogP contribution in [0.2, 0.25) is 0 Å². The number of aliphatic hydroxyl groups excluding tert-OH is 1. The Hall–Kier alpha value is -1.44. The molecule has 0 aromatic carbocycles. The van der Waals surface area contributed by atoms with E-state index in [4.69, 9.17) is 0 Å². The first kappa shape index (κ1) is 15.0. The van der Waals surface area contributed by atoms with Crippen LogP contribution in [0.15, 0.2) is 17.5 Å². The fraction of sp³-hybridized carbons (Fsp3) is 0.538. The number of hydrazine groups is 1. The molecular weight excluding hydrogens is 278 g/mol. The molecule has 1 aromatic heterocycles. The third-order valence-electron chi connectivity index (χ3n) is 3.59. The molecule has 0 spiro atoms. The molecule has 0 aliphatic carbocycles. The van der Waals surface area contributed by atoms with Gasteiger partial charge in [0.1, 0.15) is 0 Å². The van der Waals surface area contributed by atoms with Crippen LogP contribution in [0.5, 0.6) is 0 Å². The molecule has 2 heterocycles. The van der Waals surface area contributed by atoms with E-state index < -0.39 is 0 Å². The number of likely N-dealkylation sites (tertiary alicyclic amines) is 1. The summed E-state index contributed by atoms with van der Waals surface area (Å²) in [5, 5.41) is 11.1. The van der Waals surface area contributed by atoms with Gasteiger partial charge in [0.05, 0.1) is 18.0 Å². The lowest BCUT2D eigenvalue weighted by Crippen LogP contribution is -2.48. The number of hydrogen-bond donors (Lipinski definition) is 3. The lowest BCUT2D eigenvalue weighted by molar-refractivity contribution is -0.123. The fourth-order valence-electron chi connectivity index (χ4n) is 2.40. The van der Waals surface area contributed by atoms with Crippen molar-refractivity contribution in [3.05, 3.63) is 22.4 Å². The largest absolute Gasteiger partial charge is 0.395 e. The van der Waals surface area contributed by atoms with Gasteiger partial charge in [-0.2, -0.15) is 0 Å². The Labute approximate surface area is 121 Å². The second-order valence-corrected chi connectivity index (χ2v) is 5.91. The van der Waals surface area contributed by atoms with Gasteiger partial charge in [0.25, 0.3) is 11.8 Å². The van der Waals surface area contributed by atoms with Crippen molar-refractivity contribution in [3.8, 4) is 0 Å². The van der Waals surface area contributed by atoms with E-state index in [0.29, 0.717) is 10.8 Å². The molecule has 0 saturated carbocycles. The predicted octanol–water partition coefficient (Wildman–Crippen LogP) is 0.212. The molecule has 2 atom stereocenters. The zero-order chi connectivity index (χ0) is 14.5. The van der Waals surface area contributed by atoms with Gasteiger partial charge in [-0.3, -0.25) is 25.3 Å². The minimum absolute atomic E-state index is 0.0220. The maximum atomic E-state index is 11.8. The van der Waals surface area contributed by atoms with Gasteiger partial charge in [0.2, 0.25) is 0 Å². The Kier molecular flexibility index (Phi) is 5.11. The highest BCUT2D eigenvalue weighted by Crippen LogP contribution is 2.22. The highest BCUT2D eigenvalue weighted by molar-refractivity contribution is 7.12. The third kappa shape index (κ3) is 3.56. The van der Waals surface area contributed by atoms with Crippen LogP contribution in [0.4, 0.5) is 0 Å². The molecule has 2 rings (SSSR count). The van der Waals surface area contributed by atoms with E-state index in [1.165, 1.54) is 11.3 Å². The smallest absolute Gasteiger partial charge is 0.279 e. The number of aliphatic hydroxyl groups is 1. The molecule has 7 heteroatoms. The van der Waals surface area contributed by atoms with Crippen molar-refractivity contribution in [1.82, 2.24) is 15.8 Å². The van der Waals surface area contributed by atoms with E-state index in [1.807, 2.05) is 4.90 Å². The summed E-state index contributed by atoms with van der Waals surface area (Å²) < 4.78 is 0. The van der Waals surface area contributed by atoms with Crippen molar-refractivity contribution in [2.75, 3.05) is 19.7 Å². The summed E-state index contributed by atoms with van der Waals surface area (Å²) in [6.45, 7) is 3.09. The summed E-state index contributed by atoms with van der Waals surface area (Å²) in [5.74, 6) is -0.210. The summed E-state index contributed by atoms with van der Waals surface area (Å²) in [7, 11) is 0. The number of carbonyl (C=O) groups is 2. The zero-order valence-corrected chi connectivity index (χ0v) is 12.2. The molecule has 6 nitrogen and oxygen atoms in total. The highest BCUT2D eigenvalue weighted by Gasteiger charge is 2.31. The van der Waals surface area contributed by atoms with Gasteiger partial charge >= 0.3 is 0 Å². The van der Waals surface area contributed by atoms with Gasteiger partial charge in [-0.15, -0.1) is 11.3 Å². The molecular formula is C13H19N3O3S. The topological polar surface area (TPSA) is 81.7 Å². The molecule has 1 aromatic rings. The van der Waals surface area contributed by atoms with Gasteiger partial charge in [-0.05, 0) is 30.3 Å². The molecule has 2 amide bonds. The maximum Gasteiger partial charge on any atom is 0.279 e. The van der Waals surface area contributed by atoms with Gasteiger partial charge < -0.3 is 5.11 Å². The van der Waals surface area contributed by atoms with Crippen molar-refractivity contribution in [2.24, 2.45) is 5.92 Å². The second-order valence-electron chi connectivity index (χ2n) is 4.97. The van der Waals surface area contributed by atoms with E-state index in [0.717, 1.165) is 13.0 Å². The normalized spacial score (nSPS) is 22.7. The Morgan fingerprint density at radius 1 is 1.50 bits per heavy atom. The monoisotopic (exact) mass is 297 g/mol. The number of rotatable bonds is 4. The number of nitrogens with one attached hydrogen (secondary N) is 2. The Morgan fingerprint density at radius 2 is 2.30 bits per heavy atom. The van der Waals surface area contributed by atoms with Crippen LogP contribution in [0.25, 0.3) is 0 Å². The number of hydrogen-bond acceptors (Lipinski definition) is 5. The van der Waals surface area contributed by atoms with Crippen LogP contribution in [-0.2, 0) is 4.79 Å². The first-order valence-corrected chi connectivity index (χ1v) is 7.47. The third-order valence-corrected chi connectivity index (χ3v) is 4.46. The van der Waals surface area contributed by atoms with Crippen LogP contribution in [0.3, 0.4) is 0 Å². The lowest BCUT2D eigenvalue weighted by atomic mass is 10.0. The molecule has 1 aliphatic heterocycles. The van der Waals surface area contributed by atoms with Gasteiger partial charge in [-0.1, -0.05) is 13.0 Å². The van der Waals surface area contributed by atoms with Crippen molar-refractivity contribution in [1.29, 1.82) is 0 Å². The van der Waals surface area contributed by atoms with Crippen LogP contribution < -0.4 is 10.9 Å². The van der Waals surface area contributed by atoms with E-state index in [-0.39, 0.29) is 31.0 Å². The SMILES string of the molecule is CC1CCN(CC(=O)NNC(=O)c2cccs2)C1CO. The van der Waals surface area contributed by atoms with Crippen molar-refractivity contribution >= 4 is 23.2 Å². The minimum atomic E-state index is -0.318. The summed E-state index contributed by atoms with van der Waals surface area (Å²) in [6.07, 6.45) is 0.972. The minimum Gasteiger partial charge on any atom is -0.395 e. The van der Waals surface area contributed by atoms with E-state index in [1.54, 1.807) is 17.5 Å².